The second kappa shape index (κ2) is 6.23. The van der Waals surface area contributed by atoms with E-state index in [0.29, 0.717) is 13.1 Å². The second-order valence-electron chi connectivity index (χ2n) is 4.73. The number of benzene rings is 1. The highest BCUT2D eigenvalue weighted by Crippen LogP contribution is 2.27. The number of para-hydroxylation sites is 1. The summed E-state index contributed by atoms with van der Waals surface area (Å²) in [7, 11) is -3.67. The Morgan fingerprint density at radius 3 is 2.43 bits per heavy atom. The van der Waals surface area contributed by atoms with Gasteiger partial charge in [-0.3, -0.25) is 9.59 Å². The SMILES string of the molecule is O=C(O)CC(=O)Nc1ccccc1S(=O)(=O)N1CCCC1. The van der Waals surface area contributed by atoms with E-state index >= 15 is 0 Å². The van der Waals surface area contributed by atoms with E-state index in [2.05, 4.69) is 5.32 Å². The van der Waals surface area contributed by atoms with E-state index in [1.807, 2.05) is 0 Å². The first-order chi connectivity index (χ1) is 9.91. The maximum absolute atomic E-state index is 12.5. The van der Waals surface area contributed by atoms with Gasteiger partial charge in [0.25, 0.3) is 0 Å². The first-order valence-corrected chi connectivity index (χ1v) is 7.96. The van der Waals surface area contributed by atoms with Crippen molar-refractivity contribution in [1.29, 1.82) is 0 Å². The molecule has 0 saturated carbocycles. The van der Waals surface area contributed by atoms with Crippen LogP contribution in [0.2, 0.25) is 0 Å². The van der Waals surface area contributed by atoms with Crippen LogP contribution in [0.5, 0.6) is 0 Å². The molecule has 1 saturated heterocycles. The summed E-state index contributed by atoms with van der Waals surface area (Å²) >= 11 is 0. The van der Waals surface area contributed by atoms with Crippen LogP contribution in [0.25, 0.3) is 0 Å². The highest BCUT2D eigenvalue weighted by Gasteiger charge is 2.29. The van der Waals surface area contributed by atoms with Gasteiger partial charge in [0.1, 0.15) is 11.3 Å². The fourth-order valence-electron chi connectivity index (χ4n) is 2.19. The molecule has 1 aliphatic heterocycles. The quantitative estimate of drug-likeness (QED) is 0.786. The van der Waals surface area contributed by atoms with Crippen molar-refractivity contribution in [2.45, 2.75) is 24.2 Å². The maximum Gasteiger partial charge on any atom is 0.312 e. The van der Waals surface area contributed by atoms with Crippen LogP contribution in [0.1, 0.15) is 19.3 Å². The van der Waals surface area contributed by atoms with Crippen LogP contribution in [-0.4, -0.2) is 42.8 Å². The summed E-state index contributed by atoms with van der Waals surface area (Å²) in [5.41, 5.74) is 0.107. The van der Waals surface area contributed by atoms with E-state index in [0.717, 1.165) is 12.8 Å². The maximum atomic E-state index is 12.5. The zero-order valence-electron chi connectivity index (χ0n) is 11.3. The molecule has 1 amide bonds. The number of carbonyl (C=O) groups is 2. The highest BCUT2D eigenvalue weighted by atomic mass is 32.2. The van der Waals surface area contributed by atoms with Crippen LogP contribution in [0.4, 0.5) is 5.69 Å². The van der Waals surface area contributed by atoms with Crippen LogP contribution in [0.15, 0.2) is 29.2 Å². The van der Waals surface area contributed by atoms with Crippen molar-refractivity contribution < 1.29 is 23.1 Å². The average molecular weight is 312 g/mol. The van der Waals surface area contributed by atoms with E-state index in [1.165, 1.54) is 16.4 Å². The second-order valence-corrected chi connectivity index (χ2v) is 6.63. The molecule has 0 aromatic heterocycles. The Kier molecular flexibility index (Phi) is 4.59. The molecule has 7 nitrogen and oxygen atoms in total. The summed E-state index contributed by atoms with van der Waals surface area (Å²) in [6.45, 7) is 0.916. The molecule has 0 aliphatic carbocycles. The molecular weight excluding hydrogens is 296 g/mol. The molecule has 21 heavy (non-hydrogen) atoms. The standard InChI is InChI=1S/C13H16N2O5S/c16-12(9-13(17)18)14-10-5-1-2-6-11(10)21(19,20)15-7-3-4-8-15/h1-2,5-6H,3-4,7-9H2,(H,14,16)(H,17,18). The lowest BCUT2D eigenvalue weighted by atomic mass is 10.3. The van der Waals surface area contributed by atoms with E-state index < -0.39 is 28.3 Å². The molecule has 0 radical (unpaired) electrons. The lowest BCUT2D eigenvalue weighted by molar-refractivity contribution is -0.139. The summed E-state index contributed by atoms with van der Waals surface area (Å²) in [5, 5.41) is 10.9. The lowest BCUT2D eigenvalue weighted by Gasteiger charge is -2.18. The number of aliphatic carboxylic acids is 1. The Labute approximate surface area is 122 Å². The topological polar surface area (TPSA) is 104 Å². The van der Waals surface area contributed by atoms with E-state index in [9.17, 15) is 18.0 Å². The van der Waals surface area contributed by atoms with Crippen LogP contribution < -0.4 is 5.32 Å². The van der Waals surface area contributed by atoms with Crippen molar-refractivity contribution in [2.75, 3.05) is 18.4 Å². The fourth-order valence-corrected chi connectivity index (χ4v) is 3.86. The number of nitrogens with zero attached hydrogens (tertiary/aromatic N) is 1. The van der Waals surface area contributed by atoms with Gasteiger partial charge in [0.05, 0.1) is 5.69 Å². The number of hydrogen-bond acceptors (Lipinski definition) is 4. The van der Waals surface area contributed by atoms with Crippen molar-refractivity contribution in [1.82, 2.24) is 4.31 Å². The zero-order valence-corrected chi connectivity index (χ0v) is 12.1. The molecule has 0 atom stereocenters. The van der Waals surface area contributed by atoms with Gasteiger partial charge >= 0.3 is 5.97 Å². The number of carbonyl (C=O) groups excluding carboxylic acids is 1. The van der Waals surface area contributed by atoms with Gasteiger partial charge in [-0.1, -0.05) is 12.1 Å². The number of nitrogens with one attached hydrogen (secondary N) is 1. The van der Waals surface area contributed by atoms with Gasteiger partial charge in [0.2, 0.25) is 15.9 Å². The van der Waals surface area contributed by atoms with Crippen molar-refractivity contribution in [3.05, 3.63) is 24.3 Å². The number of rotatable bonds is 5. The Morgan fingerprint density at radius 2 is 1.81 bits per heavy atom. The number of carboxylic acids is 1. The summed E-state index contributed by atoms with van der Waals surface area (Å²) in [4.78, 5) is 22.0. The molecule has 114 valence electrons. The molecule has 1 aliphatic rings. The van der Waals surface area contributed by atoms with Crippen LogP contribution in [-0.2, 0) is 19.6 Å². The molecule has 0 bridgehead atoms. The summed E-state index contributed by atoms with van der Waals surface area (Å²) < 4.78 is 26.4. The summed E-state index contributed by atoms with van der Waals surface area (Å²) in [5.74, 6) is -2.03. The van der Waals surface area contributed by atoms with Crippen LogP contribution >= 0.6 is 0 Å². The largest absolute Gasteiger partial charge is 0.481 e. The summed E-state index contributed by atoms with van der Waals surface area (Å²) in [6, 6.07) is 6.00. The third kappa shape index (κ3) is 3.59. The molecule has 8 heteroatoms. The fraction of sp³-hybridized carbons (Fsp3) is 0.385. The molecule has 0 unspecified atom stereocenters. The average Bonchev–Trinajstić information content (AvgIpc) is 2.92. The Hall–Kier alpha value is -1.93. The van der Waals surface area contributed by atoms with Gasteiger partial charge in [0, 0.05) is 13.1 Å². The predicted molar refractivity (Wildman–Crippen MR) is 75.3 cm³/mol. The van der Waals surface area contributed by atoms with Gasteiger partial charge in [-0.2, -0.15) is 4.31 Å². The first-order valence-electron chi connectivity index (χ1n) is 6.52. The normalized spacial score (nSPS) is 15.8. The van der Waals surface area contributed by atoms with Crippen LogP contribution in [0.3, 0.4) is 0 Å². The summed E-state index contributed by atoms with van der Waals surface area (Å²) in [6.07, 6.45) is 0.914. The third-order valence-corrected chi connectivity index (χ3v) is 5.11. The van der Waals surface area contributed by atoms with Gasteiger partial charge in [-0.15, -0.1) is 0 Å². The molecule has 1 aromatic carbocycles. The van der Waals surface area contributed by atoms with Crippen molar-refractivity contribution in [3.8, 4) is 0 Å². The first kappa shape index (κ1) is 15.5. The monoisotopic (exact) mass is 312 g/mol. The van der Waals surface area contributed by atoms with Crippen molar-refractivity contribution in [3.63, 3.8) is 0 Å². The highest BCUT2D eigenvalue weighted by molar-refractivity contribution is 7.89. The molecule has 1 aromatic rings. The molecule has 1 fully saturated rings. The van der Waals surface area contributed by atoms with E-state index in [-0.39, 0.29) is 10.6 Å². The van der Waals surface area contributed by atoms with Crippen molar-refractivity contribution in [2.24, 2.45) is 0 Å². The number of sulfonamides is 1. The number of carboxylic acid groups (broad SMARTS) is 1. The van der Waals surface area contributed by atoms with Crippen molar-refractivity contribution >= 4 is 27.6 Å². The predicted octanol–water partition coefficient (Wildman–Crippen LogP) is 0.884. The minimum atomic E-state index is -3.67. The Morgan fingerprint density at radius 1 is 1.19 bits per heavy atom. The van der Waals surface area contributed by atoms with Gasteiger partial charge < -0.3 is 10.4 Å². The Balaban J connectivity index is 2.28. The number of hydrogen-bond donors (Lipinski definition) is 2. The molecule has 2 N–H and O–H groups in total. The molecule has 2 rings (SSSR count). The van der Waals surface area contributed by atoms with Gasteiger partial charge in [0.15, 0.2) is 0 Å². The lowest BCUT2D eigenvalue weighted by Crippen LogP contribution is -2.29. The molecule has 1 heterocycles. The zero-order chi connectivity index (χ0) is 15.5. The smallest absolute Gasteiger partial charge is 0.312 e. The van der Waals surface area contributed by atoms with Crippen LogP contribution in [0, 0.1) is 0 Å². The van der Waals surface area contributed by atoms with Gasteiger partial charge in [-0.25, -0.2) is 8.42 Å². The van der Waals surface area contributed by atoms with E-state index in [4.69, 9.17) is 5.11 Å². The number of anilines is 1. The molecule has 0 spiro atoms. The third-order valence-electron chi connectivity index (χ3n) is 3.16. The minimum absolute atomic E-state index is 0.00867. The Bertz CT molecular complexity index is 650. The van der Waals surface area contributed by atoms with Gasteiger partial charge in [-0.05, 0) is 25.0 Å². The minimum Gasteiger partial charge on any atom is -0.481 e. The molecular formula is C13H16N2O5S. The number of amides is 1. The van der Waals surface area contributed by atoms with E-state index in [1.54, 1.807) is 12.1 Å².